The zero-order chi connectivity index (χ0) is 17.0. The molecule has 0 unspecified atom stereocenters. The quantitative estimate of drug-likeness (QED) is 0.374. The molecular formula is C15H17ClF4N2O. The highest BCUT2D eigenvalue weighted by Gasteiger charge is 2.24. The number of halogens is 5. The summed E-state index contributed by atoms with van der Waals surface area (Å²) >= 11 is 5.15. The zero-order valence-corrected chi connectivity index (χ0v) is 13.2. The standard InChI is InChI=1S/C15H17ClF4N2O/c16-10-11(17)13(19)15(14(20)12(10)18)21-6-4-8-22-7-3-1-2-5-9(22)23/h21H,1-8H2. The third-order valence-corrected chi connectivity index (χ3v) is 4.12. The van der Waals surface area contributed by atoms with Gasteiger partial charge in [0.1, 0.15) is 10.7 Å². The van der Waals surface area contributed by atoms with E-state index in [4.69, 9.17) is 11.6 Å². The third kappa shape index (κ3) is 4.07. The van der Waals surface area contributed by atoms with E-state index in [0.717, 1.165) is 19.3 Å². The van der Waals surface area contributed by atoms with Gasteiger partial charge in [0, 0.05) is 26.1 Å². The average Bonchev–Trinajstić information content (AvgIpc) is 2.75. The van der Waals surface area contributed by atoms with Crippen LogP contribution in [-0.4, -0.2) is 30.4 Å². The smallest absolute Gasteiger partial charge is 0.222 e. The van der Waals surface area contributed by atoms with E-state index in [-0.39, 0.29) is 12.5 Å². The van der Waals surface area contributed by atoms with Crippen molar-refractivity contribution in [1.29, 1.82) is 0 Å². The monoisotopic (exact) mass is 352 g/mol. The molecule has 1 amide bonds. The fourth-order valence-electron chi connectivity index (χ4n) is 2.52. The van der Waals surface area contributed by atoms with Crippen LogP contribution in [0.2, 0.25) is 5.02 Å². The van der Waals surface area contributed by atoms with Crippen LogP contribution in [0.25, 0.3) is 0 Å². The van der Waals surface area contributed by atoms with Crippen LogP contribution in [-0.2, 0) is 4.79 Å². The Morgan fingerprint density at radius 1 is 1.00 bits per heavy atom. The van der Waals surface area contributed by atoms with Gasteiger partial charge in [-0.1, -0.05) is 18.0 Å². The van der Waals surface area contributed by atoms with Crippen molar-refractivity contribution in [3.63, 3.8) is 0 Å². The molecule has 0 aromatic heterocycles. The van der Waals surface area contributed by atoms with Gasteiger partial charge in [0.2, 0.25) is 5.91 Å². The Morgan fingerprint density at radius 2 is 1.65 bits per heavy atom. The second-order valence-electron chi connectivity index (χ2n) is 5.42. The number of anilines is 1. The maximum atomic E-state index is 13.6. The van der Waals surface area contributed by atoms with E-state index in [9.17, 15) is 22.4 Å². The van der Waals surface area contributed by atoms with Crippen LogP contribution in [0.1, 0.15) is 32.1 Å². The van der Waals surface area contributed by atoms with E-state index < -0.39 is 34.0 Å². The predicted molar refractivity (Wildman–Crippen MR) is 79.4 cm³/mol. The Kier molecular flexibility index (Phi) is 6.10. The molecule has 128 valence electrons. The Morgan fingerprint density at radius 3 is 2.30 bits per heavy atom. The summed E-state index contributed by atoms with van der Waals surface area (Å²) in [5, 5.41) is 1.13. The number of hydrogen-bond donors (Lipinski definition) is 1. The molecule has 23 heavy (non-hydrogen) atoms. The van der Waals surface area contributed by atoms with Gasteiger partial charge < -0.3 is 10.2 Å². The molecular weight excluding hydrogens is 336 g/mol. The summed E-state index contributed by atoms with van der Waals surface area (Å²) in [5.74, 6) is -6.31. The summed E-state index contributed by atoms with van der Waals surface area (Å²) in [6.07, 6.45) is 3.70. The molecule has 1 fully saturated rings. The molecule has 1 aromatic carbocycles. The first-order valence-electron chi connectivity index (χ1n) is 7.46. The second kappa shape index (κ2) is 7.86. The van der Waals surface area contributed by atoms with Crippen molar-refractivity contribution in [1.82, 2.24) is 4.90 Å². The van der Waals surface area contributed by atoms with E-state index in [2.05, 4.69) is 5.32 Å². The molecule has 0 saturated carbocycles. The molecule has 8 heteroatoms. The molecule has 1 saturated heterocycles. The molecule has 0 radical (unpaired) electrons. The predicted octanol–water partition coefficient (Wildman–Crippen LogP) is 4.10. The molecule has 0 spiro atoms. The van der Waals surface area contributed by atoms with Gasteiger partial charge in [-0.2, -0.15) is 0 Å². The van der Waals surface area contributed by atoms with Gasteiger partial charge in [-0.05, 0) is 19.3 Å². The van der Waals surface area contributed by atoms with Crippen molar-refractivity contribution in [2.75, 3.05) is 25.0 Å². The van der Waals surface area contributed by atoms with Crippen LogP contribution in [0, 0.1) is 23.3 Å². The van der Waals surface area contributed by atoms with E-state index in [0.29, 0.717) is 25.9 Å². The summed E-state index contributed by atoms with van der Waals surface area (Å²) in [6.45, 7) is 1.15. The van der Waals surface area contributed by atoms with Crippen molar-refractivity contribution in [2.45, 2.75) is 32.1 Å². The fraction of sp³-hybridized carbons (Fsp3) is 0.533. The minimum absolute atomic E-state index is 0.0587. The number of likely N-dealkylation sites (tertiary alicyclic amines) is 1. The highest BCUT2D eigenvalue weighted by atomic mass is 35.5. The molecule has 1 heterocycles. The lowest BCUT2D eigenvalue weighted by Crippen LogP contribution is -2.32. The van der Waals surface area contributed by atoms with Crippen LogP contribution in [0.5, 0.6) is 0 Å². The normalized spacial score (nSPS) is 15.7. The van der Waals surface area contributed by atoms with Crippen molar-refractivity contribution in [3.8, 4) is 0 Å². The van der Waals surface area contributed by atoms with Gasteiger partial charge in [0.05, 0.1) is 0 Å². The van der Waals surface area contributed by atoms with Crippen molar-refractivity contribution >= 4 is 23.2 Å². The van der Waals surface area contributed by atoms with Crippen molar-refractivity contribution in [3.05, 3.63) is 28.3 Å². The number of nitrogens with zero attached hydrogens (tertiary/aromatic N) is 1. The Labute approximate surface area is 136 Å². The van der Waals surface area contributed by atoms with Gasteiger partial charge >= 0.3 is 0 Å². The summed E-state index contributed by atoms with van der Waals surface area (Å²) in [4.78, 5) is 13.5. The largest absolute Gasteiger partial charge is 0.380 e. The first kappa shape index (κ1) is 17.8. The van der Waals surface area contributed by atoms with Gasteiger partial charge in [-0.3, -0.25) is 4.79 Å². The summed E-state index contributed by atoms with van der Waals surface area (Å²) in [5.41, 5.74) is -0.883. The Balaban J connectivity index is 1.93. The minimum atomic E-state index is -1.63. The number of carbonyl (C=O) groups excluding carboxylic acids is 1. The average molecular weight is 353 g/mol. The van der Waals surface area contributed by atoms with E-state index in [1.165, 1.54) is 0 Å². The maximum absolute atomic E-state index is 13.6. The van der Waals surface area contributed by atoms with Crippen LogP contribution in [0.3, 0.4) is 0 Å². The molecule has 1 N–H and O–H groups in total. The lowest BCUT2D eigenvalue weighted by molar-refractivity contribution is -0.130. The minimum Gasteiger partial charge on any atom is -0.380 e. The second-order valence-corrected chi connectivity index (χ2v) is 5.79. The third-order valence-electron chi connectivity index (χ3n) is 3.79. The zero-order valence-electron chi connectivity index (χ0n) is 12.4. The lowest BCUT2D eigenvalue weighted by atomic mass is 10.2. The lowest BCUT2D eigenvalue weighted by Gasteiger charge is -2.20. The first-order valence-corrected chi connectivity index (χ1v) is 7.84. The van der Waals surface area contributed by atoms with Gasteiger partial charge in [-0.15, -0.1) is 0 Å². The molecule has 3 nitrogen and oxygen atoms in total. The van der Waals surface area contributed by atoms with Crippen LogP contribution < -0.4 is 5.32 Å². The fourth-order valence-corrected chi connectivity index (χ4v) is 2.68. The van der Waals surface area contributed by atoms with E-state index in [1.807, 2.05) is 0 Å². The highest BCUT2D eigenvalue weighted by molar-refractivity contribution is 6.31. The summed E-state index contributed by atoms with van der Waals surface area (Å²) in [7, 11) is 0. The number of amides is 1. The molecule has 1 aliphatic rings. The number of nitrogens with one attached hydrogen (secondary N) is 1. The van der Waals surface area contributed by atoms with E-state index >= 15 is 0 Å². The van der Waals surface area contributed by atoms with Gasteiger partial charge in [-0.25, -0.2) is 17.6 Å². The number of benzene rings is 1. The van der Waals surface area contributed by atoms with E-state index in [1.54, 1.807) is 4.90 Å². The summed E-state index contributed by atoms with van der Waals surface area (Å²) < 4.78 is 53.9. The Bertz CT molecular complexity index is 568. The molecule has 1 aliphatic heterocycles. The first-order chi connectivity index (χ1) is 10.9. The highest BCUT2D eigenvalue weighted by Crippen LogP contribution is 2.30. The molecule has 0 bridgehead atoms. The van der Waals surface area contributed by atoms with Gasteiger partial charge in [0.15, 0.2) is 23.3 Å². The molecule has 0 aliphatic carbocycles. The SMILES string of the molecule is O=C1CCCCCN1CCCNc1c(F)c(F)c(Cl)c(F)c1F. The topological polar surface area (TPSA) is 32.3 Å². The number of hydrogen-bond acceptors (Lipinski definition) is 2. The molecule has 2 rings (SSSR count). The van der Waals surface area contributed by atoms with Crippen molar-refractivity contribution in [2.24, 2.45) is 0 Å². The molecule has 1 aromatic rings. The van der Waals surface area contributed by atoms with Crippen LogP contribution in [0.4, 0.5) is 23.2 Å². The Hall–Kier alpha value is -1.50. The van der Waals surface area contributed by atoms with Crippen LogP contribution >= 0.6 is 11.6 Å². The van der Waals surface area contributed by atoms with Crippen molar-refractivity contribution < 1.29 is 22.4 Å². The maximum Gasteiger partial charge on any atom is 0.222 e. The van der Waals surface area contributed by atoms with Crippen LogP contribution in [0.15, 0.2) is 0 Å². The van der Waals surface area contributed by atoms with Gasteiger partial charge in [0.25, 0.3) is 0 Å². The summed E-state index contributed by atoms with van der Waals surface area (Å²) in [6, 6.07) is 0. The molecule has 0 atom stereocenters. The number of carbonyl (C=O) groups is 1. The number of rotatable bonds is 5.